The lowest BCUT2D eigenvalue weighted by molar-refractivity contribution is 0.133. The van der Waals surface area contributed by atoms with Crippen LogP contribution in [0.15, 0.2) is 29.2 Å². The zero-order valence-corrected chi connectivity index (χ0v) is 11.4. The van der Waals surface area contributed by atoms with Gasteiger partial charge in [0.05, 0.1) is 5.69 Å². The van der Waals surface area contributed by atoms with E-state index in [1.165, 1.54) is 6.07 Å². The summed E-state index contributed by atoms with van der Waals surface area (Å²) in [6.45, 7) is 3.64. The van der Waals surface area contributed by atoms with E-state index in [1.54, 1.807) is 18.2 Å². The molecule has 0 fully saturated rings. The van der Waals surface area contributed by atoms with Crippen LogP contribution in [0.5, 0.6) is 0 Å². The van der Waals surface area contributed by atoms with Gasteiger partial charge in [0.15, 0.2) is 0 Å². The van der Waals surface area contributed by atoms with Crippen molar-refractivity contribution in [3.63, 3.8) is 0 Å². The van der Waals surface area contributed by atoms with Crippen molar-refractivity contribution in [3.8, 4) is 0 Å². The van der Waals surface area contributed by atoms with Crippen molar-refractivity contribution in [2.45, 2.75) is 24.7 Å². The minimum absolute atomic E-state index is 0.125. The third-order valence-corrected chi connectivity index (χ3v) is 3.85. The highest BCUT2D eigenvalue weighted by molar-refractivity contribution is 7.89. The molecule has 1 aromatic carbocycles. The molecule has 6 heteroatoms. The third-order valence-electron chi connectivity index (χ3n) is 2.31. The lowest BCUT2D eigenvalue weighted by Gasteiger charge is -2.08. The van der Waals surface area contributed by atoms with Crippen LogP contribution in [0.25, 0.3) is 0 Å². The molecule has 3 N–H and O–H groups in total. The van der Waals surface area contributed by atoms with Crippen LogP contribution in [0.4, 0.5) is 5.69 Å². The molecule has 18 heavy (non-hydrogen) atoms. The SMILES string of the molecule is CCCOCCCNS(=O)(=O)c1ccccc1N. The monoisotopic (exact) mass is 272 g/mol. The van der Waals surface area contributed by atoms with E-state index in [-0.39, 0.29) is 10.6 Å². The van der Waals surface area contributed by atoms with Crippen LogP contribution < -0.4 is 10.5 Å². The van der Waals surface area contributed by atoms with E-state index in [4.69, 9.17) is 10.5 Å². The first-order chi connectivity index (χ1) is 8.58. The molecule has 0 aliphatic heterocycles. The number of nitrogens with two attached hydrogens (primary N) is 1. The number of para-hydroxylation sites is 1. The number of anilines is 1. The maximum atomic E-state index is 11.9. The molecular weight excluding hydrogens is 252 g/mol. The summed E-state index contributed by atoms with van der Waals surface area (Å²) in [5, 5.41) is 0. The van der Waals surface area contributed by atoms with E-state index in [9.17, 15) is 8.42 Å². The summed E-state index contributed by atoms with van der Waals surface area (Å²) in [7, 11) is -3.51. The van der Waals surface area contributed by atoms with Gasteiger partial charge in [-0.3, -0.25) is 0 Å². The van der Waals surface area contributed by atoms with Crippen LogP contribution in [0.1, 0.15) is 19.8 Å². The van der Waals surface area contributed by atoms with Gasteiger partial charge in [0.1, 0.15) is 4.90 Å². The first kappa shape index (κ1) is 14.9. The Morgan fingerprint density at radius 2 is 2.00 bits per heavy atom. The minimum atomic E-state index is -3.51. The van der Waals surface area contributed by atoms with Crippen LogP contribution in [-0.4, -0.2) is 28.2 Å². The van der Waals surface area contributed by atoms with E-state index in [1.807, 2.05) is 6.92 Å². The van der Waals surface area contributed by atoms with Gasteiger partial charge in [0.2, 0.25) is 10.0 Å². The second kappa shape index (κ2) is 7.35. The van der Waals surface area contributed by atoms with Gasteiger partial charge in [-0.2, -0.15) is 0 Å². The van der Waals surface area contributed by atoms with Crippen LogP contribution in [0.2, 0.25) is 0 Å². The fraction of sp³-hybridized carbons (Fsp3) is 0.500. The molecule has 0 saturated carbocycles. The summed E-state index contributed by atoms with van der Waals surface area (Å²) >= 11 is 0. The first-order valence-electron chi connectivity index (χ1n) is 6.00. The summed E-state index contributed by atoms with van der Waals surface area (Å²) in [5.74, 6) is 0. The van der Waals surface area contributed by atoms with Gasteiger partial charge >= 0.3 is 0 Å². The number of hydrogen-bond donors (Lipinski definition) is 2. The number of rotatable bonds is 8. The van der Waals surface area contributed by atoms with Gasteiger partial charge in [-0.05, 0) is 25.0 Å². The molecule has 0 aromatic heterocycles. The average molecular weight is 272 g/mol. The third kappa shape index (κ3) is 4.64. The van der Waals surface area contributed by atoms with Gasteiger partial charge in [-0.15, -0.1) is 0 Å². The molecule has 1 aromatic rings. The molecule has 0 amide bonds. The lowest BCUT2D eigenvalue weighted by Crippen LogP contribution is -2.26. The fourth-order valence-corrected chi connectivity index (χ4v) is 2.63. The largest absolute Gasteiger partial charge is 0.398 e. The minimum Gasteiger partial charge on any atom is -0.398 e. The van der Waals surface area contributed by atoms with E-state index in [2.05, 4.69) is 4.72 Å². The van der Waals surface area contributed by atoms with E-state index < -0.39 is 10.0 Å². The Balaban J connectivity index is 2.44. The van der Waals surface area contributed by atoms with Crippen molar-refractivity contribution >= 4 is 15.7 Å². The predicted molar refractivity (Wildman–Crippen MR) is 71.8 cm³/mol. The predicted octanol–water partition coefficient (Wildman–Crippen LogP) is 1.36. The Labute approximate surface area is 108 Å². The van der Waals surface area contributed by atoms with Crippen molar-refractivity contribution in [1.82, 2.24) is 4.72 Å². The summed E-state index contributed by atoms with van der Waals surface area (Å²) < 4.78 is 31.6. The molecular formula is C12H20N2O3S. The summed E-state index contributed by atoms with van der Waals surface area (Å²) in [6.07, 6.45) is 1.61. The molecule has 5 nitrogen and oxygen atoms in total. The Bertz CT molecular complexity index is 460. The zero-order chi connectivity index (χ0) is 13.4. The fourth-order valence-electron chi connectivity index (χ4n) is 1.43. The second-order valence-corrected chi connectivity index (χ2v) is 5.64. The smallest absolute Gasteiger partial charge is 0.242 e. The Morgan fingerprint density at radius 1 is 1.28 bits per heavy atom. The Kier molecular flexibility index (Phi) is 6.11. The molecule has 0 heterocycles. The highest BCUT2D eigenvalue weighted by Crippen LogP contribution is 2.16. The second-order valence-electron chi connectivity index (χ2n) is 3.90. The Hall–Kier alpha value is -1.11. The topological polar surface area (TPSA) is 81.4 Å². The molecule has 102 valence electrons. The molecule has 1 rings (SSSR count). The van der Waals surface area contributed by atoms with Gasteiger partial charge in [-0.25, -0.2) is 13.1 Å². The van der Waals surface area contributed by atoms with Crippen LogP contribution in [-0.2, 0) is 14.8 Å². The van der Waals surface area contributed by atoms with Crippen LogP contribution in [0, 0.1) is 0 Å². The number of ether oxygens (including phenoxy) is 1. The van der Waals surface area contributed by atoms with Gasteiger partial charge < -0.3 is 10.5 Å². The maximum Gasteiger partial charge on any atom is 0.242 e. The average Bonchev–Trinajstić information content (AvgIpc) is 2.34. The number of nitrogens with one attached hydrogen (secondary N) is 1. The normalized spacial score (nSPS) is 11.6. The van der Waals surface area contributed by atoms with Crippen molar-refractivity contribution in [3.05, 3.63) is 24.3 Å². The van der Waals surface area contributed by atoms with E-state index in [0.717, 1.165) is 6.42 Å². The van der Waals surface area contributed by atoms with Crippen LogP contribution >= 0.6 is 0 Å². The lowest BCUT2D eigenvalue weighted by atomic mass is 10.3. The molecule has 0 atom stereocenters. The van der Waals surface area contributed by atoms with Gasteiger partial charge in [-0.1, -0.05) is 19.1 Å². The molecule has 0 radical (unpaired) electrons. The number of hydrogen-bond acceptors (Lipinski definition) is 4. The Morgan fingerprint density at radius 3 is 2.67 bits per heavy atom. The zero-order valence-electron chi connectivity index (χ0n) is 10.6. The number of benzene rings is 1. The van der Waals surface area contributed by atoms with E-state index >= 15 is 0 Å². The van der Waals surface area contributed by atoms with E-state index in [0.29, 0.717) is 26.2 Å². The van der Waals surface area contributed by atoms with Gasteiger partial charge in [0.25, 0.3) is 0 Å². The quantitative estimate of drug-likeness (QED) is 0.553. The molecule has 0 bridgehead atoms. The first-order valence-corrected chi connectivity index (χ1v) is 7.48. The molecule has 0 spiro atoms. The summed E-state index contributed by atoms with van der Waals surface area (Å²) in [6, 6.07) is 6.41. The van der Waals surface area contributed by atoms with Crippen molar-refractivity contribution in [2.75, 3.05) is 25.5 Å². The summed E-state index contributed by atoms with van der Waals surface area (Å²) in [5.41, 5.74) is 5.89. The molecule has 0 aliphatic rings. The molecule has 0 unspecified atom stereocenters. The summed E-state index contributed by atoms with van der Waals surface area (Å²) in [4.78, 5) is 0.125. The number of sulfonamides is 1. The van der Waals surface area contributed by atoms with Crippen molar-refractivity contribution in [2.24, 2.45) is 0 Å². The highest BCUT2D eigenvalue weighted by atomic mass is 32.2. The van der Waals surface area contributed by atoms with Crippen LogP contribution in [0.3, 0.4) is 0 Å². The van der Waals surface area contributed by atoms with Crippen molar-refractivity contribution < 1.29 is 13.2 Å². The standard InChI is InChI=1S/C12H20N2O3S/c1-2-9-17-10-5-8-14-18(15,16)12-7-4-3-6-11(12)13/h3-4,6-7,14H,2,5,8-10,13H2,1H3. The highest BCUT2D eigenvalue weighted by Gasteiger charge is 2.15. The van der Waals surface area contributed by atoms with Crippen molar-refractivity contribution in [1.29, 1.82) is 0 Å². The maximum absolute atomic E-state index is 11.9. The number of nitrogen functional groups attached to an aromatic ring is 1. The molecule has 0 saturated heterocycles. The van der Waals surface area contributed by atoms with Gasteiger partial charge in [0, 0.05) is 19.8 Å². The molecule has 0 aliphatic carbocycles.